The lowest BCUT2D eigenvalue weighted by molar-refractivity contribution is -0.129. The number of likely N-dealkylation sites (tertiary alicyclic amines) is 1. The summed E-state index contributed by atoms with van der Waals surface area (Å²) in [5.74, 6) is -0.403. The number of aromatic nitrogens is 1. The molecular formula is C13H17N3O2. The van der Waals surface area contributed by atoms with Gasteiger partial charge < -0.3 is 10.6 Å². The normalized spacial score (nSPS) is 23.7. The first-order chi connectivity index (χ1) is 8.53. The molecule has 1 aliphatic rings. The third-order valence-electron chi connectivity index (χ3n) is 3.51. The number of pyridine rings is 1. The van der Waals surface area contributed by atoms with Gasteiger partial charge in [-0.25, -0.2) is 0 Å². The molecule has 1 fully saturated rings. The van der Waals surface area contributed by atoms with E-state index >= 15 is 0 Å². The van der Waals surface area contributed by atoms with Gasteiger partial charge in [0.2, 0.25) is 5.91 Å². The van der Waals surface area contributed by atoms with E-state index < -0.39 is 5.41 Å². The molecule has 1 saturated heterocycles. The first kappa shape index (κ1) is 12.5. The first-order valence-electron chi connectivity index (χ1n) is 6.02. The summed E-state index contributed by atoms with van der Waals surface area (Å²) in [5.41, 5.74) is 5.40. The predicted molar refractivity (Wildman–Crippen MR) is 66.7 cm³/mol. The lowest BCUT2D eigenvalue weighted by Crippen LogP contribution is -2.50. The van der Waals surface area contributed by atoms with E-state index in [0.29, 0.717) is 18.7 Å². The summed E-state index contributed by atoms with van der Waals surface area (Å²) in [4.78, 5) is 29.3. The van der Waals surface area contributed by atoms with E-state index in [1.54, 1.807) is 29.4 Å². The van der Waals surface area contributed by atoms with Crippen molar-refractivity contribution in [1.29, 1.82) is 0 Å². The maximum Gasteiger partial charge on any atom is 0.253 e. The Kier molecular flexibility index (Phi) is 3.32. The van der Waals surface area contributed by atoms with Crippen LogP contribution in [0.2, 0.25) is 0 Å². The van der Waals surface area contributed by atoms with Gasteiger partial charge in [0.1, 0.15) is 0 Å². The molecule has 5 nitrogen and oxygen atoms in total. The number of piperidine rings is 1. The summed E-state index contributed by atoms with van der Waals surface area (Å²) >= 11 is 0. The van der Waals surface area contributed by atoms with Gasteiger partial charge in [-0.15, -0.1) is 0 Å². The van der Waals surface area contributed by atoms with Crippen LogP contribution in [-0.2, 0) is 4.79 Å². The zero-order valence-electron chi connectivity index (χ0n) is 10.4. The maximum absolute atomic E-state index is 12.3. The molecule has 96 valence electrons. The van der Waals surface area contributed by atoms with Crippen molar-refractivity contribution in [1.82, 2.24) is 9.88 Å². The molecule has 1 aromatic rings. The van der Waals surface area contributed by atoms with Crippen LogP contribution in [0, 0.1) is 5.41 Å². The van der Waals surface area contributed by atoms with Crippen molar-refractivity contribution >= 4 is 11.8 Å². The fraction of sp³-hybridized carbons (Fsp3) is 0.462. The molecule has 2 rings (SSSR count). The summed E-state index contributed by atoms with van der Waals surface area (Å²) in [6, 6.07) is 3.36. The highest BCUT2D eigenvalue weighted by atomic mass is 16.2. The van der Waals surface area contributed by atoms with Crippen LogP contribution in [0.25, 0.3) is 0 Å². The van der Waals surface area contributed by atoms with Crippen molar-refractivity contribution in [2.45, 2.75) is 19.8 Å². The van der Waals surface area contributed by atoms with Gasteiger partial charge in [-0.05, 0) is 31.9 Å². The van der Waals surface area contributed by atoms with Crippen LogP contribution in [0.1, 0.15) is 30.1 Å². The second kappa shape index (κ2) is 4.76. The molecule has 2 heterocycles. The number of carbonyl (C=O) groups excluding carboxylic acids is 2. The van der Waals surface area contributed by atoms with Crippen LogP contribution >= 0.6 is 0 Å². The van der Waals surface area contributed by atoms with Crippen molar-refractivity contribution < 1.29 is 9.59 Å². The molecule has 0 aliphatic carbocycles. The van der Waals surface area contributed by atoms with Gasteiger partial charge >= 0.3 is 0 Å². The molecule has 0 radical (unpaired) electrons. The smallest absolute Gasteiger partial charge is 0.253 e. The molecule has 0 aromatic carbocycles. The molecule has 1 unspecified atom stereocenters. The van der Waals surface area contributed by atoms with Gasteiger partial charge in [-0.3, -0.25) is 14.6 Å². The molecule has 1 atom stereocenters. The number of primary amides is 1. The highest BCUT2D eigenvalue weighted by molar-refractivity contribution is 5.94. The number of hydrogen-bond donors (Lipinski definition) is 1. The highest BCUT2D eigenvalue weighted by Gasteiger charge is 2.37. The fourth-order valence-corrected chi connectivity index (χ4v) is 2.29. The molecule has 1 aliphatic heterocycles. The summed E-state index contributed by atoms with van der Waals surface area (Å²) in [7, 11) is 0. The van der Waals surface area contributed by atoms with Gasteiger partial charge in [-0.2, -0.15) is 0 Å². The van der Waals surface area contributed by atoms with Gasteiger partial charge in [0.25, 0.3) is 5.91 Å². The lowest BCUT2D eigenvalue weighted by Gasteiger charge is -2.38. The monoisotopic (exact) mass is 247 g/mol. The minimum Gasteiger partial charge on any atom is -0.369 e. The quantitative estimate of drug-likeness (QED) is 0.840. The molecule has 0 bridgehead atoms. The summed E-state index contributed by atoms with van der Waals surface area (Å²) in [5, 5.41) is 0. The van der Waals surface area contributed by atoms with Crippen molar-refractivity contribution in [2.75, 3.05) is 13.1 Å². The van der Waals surface area contributed by atoms with E-state index in [0.717, 1.165) is 12.8 Å². The Morgan fingerprint density at radius 2 is 2.06 bits per heavy atom. The Morgan fingerprint density at radius 1 is 1.39 bits per heavy atom. The SMILES string of the molecule is CC1(C(N)=O)CCCN(C(=O)c2ccncc2)C1. The number of carbonyl (C=O) groups is 2. The van der Waals surface area contributed by atoms with E-state index in [9.17, 15) is 9.59 Å². The van der Waals surface area contributed by atoms with Gasteiger partial charge in [-0.1, -0.05) is 0 Å². The van der Waals surface area contributed by atoms with E-state index in [-0.39, 0.29) is 11.8 Å². The summed E-state index contributed by atoms with van der Waals surface area (Å²) in [6.07, 6.45) is 4.72. The third-order valence-corrected chi connectivity index (χ3v) is 3.51. The molecule has 2 N–H and O–H groups in total. The second-order valence-electron chi connectivity index (χ2n) is 4.99. The topological polar surface area (TPSA) is 76.3 Å². The zero-order valence-corrected chi connectivity index (χ0v) is 10.4. The lowest BCUT2D eigenvalue weighted by atomic mass is 9.81. The Labute approximate surface area is 106 Å². The van der Waals surface area contributed by atoms with E-state index in [1.165, 1.54) is 0 Å². The number of amides is 2. The second-order valence-corrected chi connectivity index (χ2v) is 4.99. The molecule has 0 spiro atoms. The largest absolute Gasteiger partial charge is 0.369 e. The zero-order chi connectivity index (χ0) is 13.2. The Hall–Kier alpha value is -1.91. The van der Waals surface area contributed by atoms with Crippen LogP contribution in [0.15, 0.2) is 24.5 Å². The van der Waals surface area contributed by atoms with E-state index in [1.807, 2.05) is 6.92 Å². The van der Waals surface area contributed by atoms with Crippen LogP contribution in [0.3, 0.4) is 0 Å². The first-order valence-corrected chi connectivity index (χ1v) is 6.02. The fourth-order valence-electron chi connectivity index (χ4n) is 2.29. The Bertz CT molecular complexity index is 461. The number of hydrogen-bond acceptors (Lipinski definition) is 3. The predicted octanol–water partition coefficient (Wildman–Crippen LogP) is 0.809. The Morgan fingerprint density at radius 3 is 2.67 bits per heavy atom. The standard InChI is InChI=1S/C13H17N3O2/c1-13(12(14)18)5-2-8-16(9-13)11(17)10-3-6-15-7-4-10/h3-4,6-7H,2,5,8-9H2,1H3,(H2,14,18). The van der Waals surface area contributed by atoms with Gasteiger partial charge in [0.15, 0.2) is 0 Å². The average molecular weight is 247 g/mol. The average Bonchev–Trinajstić information content (AvgIpc) is 2.39. The highest BCUT2D eigenvalue weighted by Crippen LogP contribution is 2.29. The Balaban J connectivity index is 2.15. The number of rotatable bonds is 2. The van der Waals surface area contributed by atoms with E-state index in [2.05, 4.69) is 4.98 Å². The molecule has 0 saturated carbocycles. The van der Waals surface area contributed by atoms with E-state index in [4.69, 9.17) is 5.73 Å². The van der Waals surface area contributed by atoms with Gasteiger partial charge in [0.05, 0.1) is 5.41 Å². The summed E-state index contributed by atoms with van der Waals surface area (Å²) in [6.45, 7) is 2.88. The third kappa shape index (κ3) is 2.34. The number of nitrogens with two attached hydrogens (primary N) is 1. The van der Waals surface area contributed by atoms with Crippen LogP contribution in [0.4, 0.5) is 0 Å². The maximum atomic E-state index is 12.3. The number of nitrogens with zero attached hydrogens (tertiary/aromatic N) is 2. The molecule has 1 aromatic heterocycles. The molecular weight excluding hydrogens is 230 g/mol. The summed E-state index contributed by atoms with van der Waals surface area (Å²) < 4.78 is 0. The van der Waals surface area contributed by atoms with Crippen molar-refractivity contribution in [2.24, 2.45) is 11.1 Å². The van der Waals surface area contributed by atoms with Crippen LogP contribution < -0.4 is 5.73 Å². The molecule has 2 amide bonds. The minimum absolute atomic E-state index is 0.0652. The van der Waals surface area contributed by atoms with Crippen LogP contribution in [-0.4, -0.2) is 34.8 Å². The van der Waals surface area contributed by atoms with Crippen LogP contribution in [0.5, 0.6) is 0 Å². The molecule has 18 heavy (non-hydrogen) atoms. The minimum atomic E-state index is -0.610. The van der Waals surface area contributed by atoms with Crippen molar-refractivity contribution in [3.63, 3.8) is 0 Å². The van der Waals surface area contributed by atoms with Crippen molar-refractivity contribution in [3.8, 4) is 0 Å². The molecule has 5 heteroatoms. The van der Waals surface area contributed by atoms with Gasteiger partial charge in [0, 0.05) is 31.0 Å². The van der Waals surface area contributed by atoms with Crippen molar-refractivity contribution in [3.05, 3.63) is 30.1 Å².